The molecule has 4 rings (SSSR count). The SMILES string of the molecule is O=C(NCCCNC(=O)c1ccccc1OCCOc1ccccc1)c1ccccc1OCCOc1ccccc1. The van der Waals surface area contributed by atoms with Crippen LogP contribution in [0.2, 0.25) is 0 Å². The average Bonchev–Trinajstić information content (AvgIpc) is 3.02. The molecule has 0 heterocycles. The highest BCUT2D eigenvalue weighted by molar-refractivity contribution is 5.97. The lowest BCUT2D eigenvalue weighted by atomic mass is 10.2. The second kappa shape index (κ2) is 16.2. The highest BCUT2D eigenvalue weighted by atomic mass is 16.5. The maximum atomic E-state index is 12.8. The lowest BCUT2D eigenvalue weighted by molar-refractivity contribution is 0.0946. The zero-order valence-electron chi connectivity index (χ0n) is 22.8. The normalized spacial score (nSPS) is 10.3. The lowest BCUT2D eigenvalue weighted by Crippen LogP contribution is -2.30. The first-order valence-electron chi connectivity index (χ1n) is 13.6. The minimum atomic E-state index is -0.243. The highest BCUT2D eigenvalue weighted by Gasteiger charge is 2.13. The van der Waals surface area contributed by atoms with Gasteiger partial charge >= 0.3 is 0 Å². The van der Waals surface area contributed by atoms with Crippen LogP contribution < -0.4 is 29.6 Å². The van der Waals surface area contributed by atoms with Gasteiger partial charge in [-0.3, -0.25) is 9.59 Å². The van der Waals surface area contributed by atoms with Crippen molar-refractivity contribution in [2.24, 2.45) is 0 Å². The number of carbonyl (C=O) groups is 2. The van der Waals surface area contributed by atoms with Crippen LogP contribution in [0.15, 0.2) is 109 Å². The molecule has 0 saturated carbocycles. The van der Waals surface area contributed by atoms with Crippen LogP contribution in [0.5, 0.6) is 23.0 Å². The number of hydrogen-bond acceptors (Lipinski definition) is 6. The molecule has 0 aliphatic rings. The van der Waals surface area contributed by atoms with Crippen molar-refractivity contribution < 1.29 is 28.5 Å². The summed E-state index contributed by atoms with van der Waals surface area (Å²) in [6, 6.07) is 33.1. The van der Waals surface area contributed by atoms with E-state index in [1.54, 1.807) is 36.4 Å². The Bertz CT molecular complexity index is 1260. The van der Waals surface area contributed by atoms with E-state index < -0.39 is 0 Å². The van der Waals surface area contributed by atoms with Crippen molar-refractivity contribution >= 4 is 11.8 Å². The predicted molar refractivity (Wildman–Crippen MR) is 157 cm³/mol. The maximum absolute atomic E-state index is 12.8. The van der Waals surface area contributed by atoms with Gasteiger partial charge in [-0.1, -0.05) is 60.7 Å². The predicted octanol–water partition coefficient (Wildman–Crippen LogP) is 5.15. The molecule has 0 aliphatic carbocycles. The van der Waals surface area contributed by atoms with Crippen LogP contribution >= 0.6 is 0 Å². The third-order valence-electron chi connectivity index (χ3n) is 5.89. The van der Waals surface area contributed by atoms with E-state index in [4.69, 9.17) is 18.9 Å². The van der Waals surface area contributed by atoms with Crippen LogP contribution in [0.25, 0.3) is 0 Å². The Morgan fingerprint density at radius 1 is 0.463 bits per heavy atom. The van der Waals surface area contributed by atoms with Gasteiger partial charge in [0.25, 0.3) is 11.8 Å². The Morgan fingerprint density at radius 3 is 1.27 bits per heavy atom. The van der Waals surface area contributed by atoms with E-state index in [2.05, 4.69) is 10.6 Å². The Morgan fingerprint density at radius 2 is 0.829 bits per heavy atom. The van der Waals surface area contributed by atoms with Crippen LogP contribution in [0.3, 0.4) is 0 Å². The smallest absolute Gasteiger partial charge is 0.255 e. The molecule has 0 spiro atoms. The monoisotopic (exact) mass is 554 g/mol. The molecule has 0 bridgehead atoms. The van der Waals surface area contributed by atoms with Crippen molar-refractivity contribution in [3.05, 3.63) is 120 Å². The standard InChI is InChI=1S/C33H34N2O6/c36-32(28-16-7-9-18-30(28)40-24-22-38-26-12-3-1-4-13-26)34-20-11-21-35-33(37)29-17-8-10-19-31(29)41-25-23-39-27-14-5-2-6-15-27/h1-10,12-19H,11,20-25H2,(H,34,36)(H,35,37). The third kappa shape index (κ3) is 9.61. The molecule has 8 nitrogen and oxygen atoms in total. The number of ether oxygens (including phenoxy) is 4. The molecule has 212 valence electrons. The number of carbonyl (C=O) groups excluding carboxylic acids is 2. The molecule has 4 aromatic carbocycles. The fourth-order valence-electron chi connectivity index (χ4n) is 3.90. The molecule has 0 radical (unpaired) electrons. The van der Waals surface area contributed by atoms with Gasteiger partial charge in [0.1, 0.15) is 49.4 Å². The van der Waals surface area contributed by atoms with E-state index in [0.29, 0.717) is 68.6 Å². The molecule has 2 amide bonds. The fourth-order valence-corrected chi connectivity index (χ4v) is 3.90. The molecule has 0 atom stereocenters. The topological polar surface area (TPSA) is 95.1 Å². The first kappa shape index (κ1) is 29.0. The maximum Gasteiger partial charge on any atom is 0.255 e. The van der Waals surface area contributed by atoms with Crippen LogP contribution in [0, 0.1) is 0 Å². The molecule has 0 fully saturated rings. The number of amides is 2. The number of para-hydroxylation sites is 4. The highest BCUT2D eigenvalue weighted by Crippen LogP contribution is 2.19. The Labute approximate surface area is 240 Å². The number of rotatable bonds is 16. The van der Waals surface area contributed by atoms with E-state index in [-0.39, 0.29) is 11.8 Å². The van der Waals surface area contributed by atoms with Crippen LogP contribution in [0.4, 0.5) is 0 Å². The Hall–Kier alpha value is -4.98. The summed E-state index contributed by atoms with van der Waals surface area (Å²) < 4.78 is 22.9. The summed E-state index contributed by atoms with van der Waals surface area (Å²) in [6.07, 6.45) is 0.555. The summed E-state index contributed by atoms with van der Waals surface area (Å²) in [6.45, 7) is 2.09. The van der Waals surface area contributed by atoms with Crippen molar-refractivity contribution in [2.45, 2.75) is 6.42 Å². The number of nitrogens with one attached hydrogen (secondary N) is 2. The van der Waals surface area contributed by atoms with E-state index in [1.165, 1.54) is 0 Å². The number of benzene rings is 4. The largest absolute Gasteiger partial charge is 0.490 e. The van der Waals surface area contributed by atoms with Gasteiger partial charge in [-0.25, -0.2) is 0 Å². The van der Waals surface area contributed by atoms with E-state index in [0.717, 1.165) is 11.5 Å². The van der Waals surface area contributed by atoms with Gasteiger partial charge in [-0.2, -0.15) is 0 Å². The second-order valence-electron chi connectivity index (χ2n) is 8.88. The third-order valence-corrected chi connectivity index (χ3v) is 5.89. The van der Waals surface area contributed by atoms with E-state index in [9.17, 15) is 9.59 Å². The van der Waals surface area contributed by atoms with E-state index in [1.807, 2.05) is 72.8 Å². The number of hydrogen-bond donors (Lipinski definition) is 2. The molecule has 8 heteroatoms. The molecule has 0 unspecified atom stereocenters. The second-order valence-corrected chi connectivity index (χ2v) is 8.88. The van der Waals surface area contributed by atoms with Crippen LogP contribution in [-0.4, -0.2) is 51.3 Å². The fraction of sp³-hybridized carbons (Fsp3) is 0.212. The van der Waals surface area contributed by atoms with Crippen molar-refractivity contribution in [2.75, 3.05) is 39.5 Å². The molecular weight excluding hydrogens is 520 g/mol. The Kier molecular flexibility index (Phi) is 11.5. The zero-order chi connectivity index (χ0) is 28.5. The van der Waals surface area contributed by atoms with Gasteiger partial charge < -0.3 is 29.6 Å². The molecule has 41 heavy (non-hydrogen) atoms. The summed E-state index contributed by atoms with van der Waals surface area (Å²) in [5.74, 6) is 2.01. The minimum Gasteiger partial charge on any atom is -0.490 e. The summed E-state index contributed by atoms with van der Waals surface area (Å²) in [5.41, 5.74) is 0.886. The summed E-state index contributed by atoms with van der Waals surface area (Å²) in [4.78, 5) is 25.5. The Balaban J connectivity index is 1.15. The average molecular weight is 555 g/mol. The summed E-state index contributed by atoms with van der Waals surface area (Å²) in [7, 11) is 0. The van der Waals surface area contributed by atoms with Crippen LogP contribution in [-0.2, 0) is 0 Å². The summed E-state index contributed by atoms with van der Waals surface area (Å²) in [5, 5.41) is 5.78. The van der Waals surface area contributed by atoms with Gasteiger partial charge in [0, 0.05) is 13.1 Å². The molecule has 0 aromatic heterocycles. The molecule has 0 aliphatic heterocycles. The van der Waals surface area contributed by atoms with Crippen molar-refractivity contribution in [1.29, 1.82) is 0 Å². The molecule has 0 saturated heterocycles. The quantitative estimate of drug-likeness (QED) is 0.186. The molecule has 2 N–H and O–H groups in total. The first-order valence-corrected chi connectivity index (χ1v) is 13.6. The first-order chi connectivity index (χ1) is 20.2. The molecular formula is C33H34N2O6. The van der Waals surface area contributed by atoms with Gasteiger partial charge in [0.2, 0.25) is 0 Å². The zero-order valence-corrected chi connectivity index (χ0v) is 22.8. The molecule has 4 aromatic rings. The lowest BCUT2D eigenvalue weighted by Gasteiger charge is -2.13. The van der Waals surface area contributed by atoms with Gasteiger partial charge in [-0.05, 0) is 55.0 Å². The van der Waals surface area contributed by atoms with Gasteiger partial charge in [0.15, 0.2) is 0 Å². The van der Waals surface area contributed by atoms with E-state index >= 15 is 0 Å². The van der Waals surface area contributed by atoms with Crippen LogP contribution in [0.1, 0.15) is 27.1 Å². The summed E-state index contributed by atoms with van der Waals surface area (Å²) >= 11 is 0. The van der Waals surface area contributed by atoms with Crippen molar-refractivity contribution in [3.8, 4) is 23.0 Å². The van der Waals surface area contributed by atoms with Crippen molar-refractivity contribution in [3.63, 3.8) is 0 Å². The van der Waals surface area contributed by atoms with Gasteiger partial charge in [0.05, 0.1) is 11.1 Å². The van der Waals surface area contributed by atoms with Crippen molar-refractivity contribution in [1.82, 2.24) is 10.6 Å². The van der Waals surface area contributed by atoms with Gasteiger partial charge in [-0.15, -0.1) is 0 Å². The minimum absolute atomic E-state index is 0.243.